The number of carbonyl (C=O) groups excluding carboxylic acids is 1. The highest BCUT2D eigenvalue weighted by Gasteiger charge is 2.34. The van der Waals surface area contributed by atoms with E-state index < -0.39 is 5.41 Å². The number of alkyl halides is 1. The number of carbonyl (C=O) groups is 1. The number of aromatic nitrogens is 2. The summed E-state index contributed by atoms with van der Waals surface area (Å²) in [6, 6.07) is 8.09. The van der Waals surface area contributed by atoms with Gasteiger partial charge in [0.2, 0.25) is 5.91 Å². The summed E-state index contributed by atoms with van der Waals surface area (Å²) in [5.74, 6) is 1.96. The number of nitrogens with one attached hydrogen (secondary N) is 1. The second-order valence-electron chi connectivity index (χ2n) is 6.72. The molecule has 4 nitrogen and oxygen atoms in total. The van der Waals surface area contributed by atoms with Crippen LogP contribution in [0.2, 0.25) is 0 Å². The van der Waals surface area contributed by atoms with E-state index in [0.717, 1.165) is 42.8 Å². The van der Waals surface area contributed by atoms with Crippen LogP contribution in [0.15, 0.2) is 24.3 Å². The SMILES string of the molecule is CC(C)(CCl)C(=O)N1CCC(c2nc3ccccc3[nH]2)CC1. The highest BCUT2D eigenvalue weighted by molar-refractivity contribution is 6.19. The molecule has 2 aromatic rings. The van der Waals surface area contributed by atoms with E-state index in [2.05, 4.69) is 4.98 Å². The zero-order valence-electron chi connectivity index (χ0n) is 13.1. The molecule has 1 amide bonds. The molecule has 5 heteroatoms. The van der Waals surface area contributed by atoms with Crippen molar-refractivity contribution in [3.05, 3.63) is 30.1 Å². The minimum Gasteiger partial charge on any atom is -0.342 e. The number of fused-ring (bicyclic) bond motifs is 1. The second kappa shape index (κ2) is 5.92. The lowest BCUT2D eigenvalue weighted by atomic mass is 9.90. The number of imidazole rings is 1. The highest BCUT2D eigenvalue weighted by Crippen LogP contribution is 2.30. The number of likely N-dealkylation sites (tertiary alicyclic amines) is 1. The number of rotatable bonds is 3. The molecule has 1 fully saturated rings. The Morgan fingerprint density at radius 2 is 2.05 bits per heavy atom. The number of nitrogens with zero attached hydrogens (tertiary/aromatic N) is 2. The maximum Gasteiger partial charge on any atom is 0.229 e. The Balaban J connectivity index is 1.68. The molecular weight excluding hydrogens is 298 g/mol. The first kappa shape index (κ1) is 15.3. The minimum absolute atomic E-state index is 0.158. The molecule has 0 aliphatic carbocycles. The number of H-pyrrole nitrogens is 1. The van der Waals surface area contributed by atoms with Gasteiger partial charge in [-0.25, -0.2) is 4.98 Å². The monoisotopic (exact) mass is 319 g/mol. The highest BCUT2D eigenvalue weighted by atomic mass is 35.5. The molecule has 1 saturated heterocycles. The molecule has 1 N–H and O–H groups in total. The van der Waals surface area contributed by atoms with Crippen LogP contribution in [0.3, 0.4) is 0 Å². The zero-order chi connectivity index (χ0) is 15.7. The van der Waals surface area contributed by atoms with Gasteiger partial charge in [0, 0.05) is 24.9 Å². The van der Waals surface area contributed by atoms with Crippen LogP contribution in [0.5, 0.6) is 0 Å². The van der Waals surface area contributed by atoms with Gasteiger partial charge in [0.1, 0.15) is 5.82 Å². The number of hydrogen-bond donors (Lipinski definition) is 1. The average Bonchev–Trinajstić information content (AvgIpc) is 2.98. The van der Waals surface area contributed by atoms with E-state index >= 15 is 0 Å². The summed E-state index contributed by atoms with van der Waals surface area (Å²) in [6.07, 6.45) is 1.90. The van der Waals surface area contributed by atoms with Crippen molar-refractivity contribution in [1.29, 1.82) is 0 Å². The fourth-order valence-electron chi connectivity index (χ4n) is 3.01. The van der Waals surface area contributed by atoms with E-state index in [4.69, 9.17) is 16.6 Å². The molecule has 0 atom stereocenters. The molecule has 0 unspecified atom stereocenters. The van der Waals surface area contributed by atoms with Crippen molar-refractivity contribution in [2.24, 2.45) is 5.41 Å². The van der Waals surface area contributed by atoms with Crippen LogP contribution in [0.25, 0.3) is 11.0 Å². The molecule has 0 saturated carbocycles. The van der Waals surface area contributed by atoms with E-state index in [0.29, 0.717) is 11.8 Å². The van der Waals surface area contributed by atoms with Crippen LogP contribution < -0.4 is 0 Å². The predicted molar refractivity (Wildman–Crippen MR) is 89.1 cm³/mol. The van der Waals surface area contributed by atoms with Gasteiger partial charge in [-0.05, 0) is 38.8 Å². The van der Waals surface area contributed by atoms with Gasteiger partial charge in [0.05, 0.1) is 16.4 Å². The molecular formula is C17H22ClN3O. The van der Waals surface area contributed by atoms with Crippen molar-refractivity contribution in [3.8, 4) is 0 Å². The second-order valence-corrected chi connectivity index (χ2v) is 6.99. The lowest BCUT2D eigenvalue weighted by Gasteiger charge is -2.35. The van der Waals surface area contributed by atoms with E-state index in [1.54, 1.807) is 0 Å². The normalized spacial score (nSPS) is 17.1. The summed E-state index contributed by atoms with van der Waals surface area (Å²) in [5.41, 5.74) is 1.62. The lowest BCUT2D eigenvalue weighted by Crippen LogP contribution is -2.45. The molecule has 1 aromatic carbocycles. The van der Waals surface area contributed by atoms with Crippen LogP contribution in [0, 0.1) is 5.41 Å². The fourth-order valence-corrected chi connectivity index (χ4v) is 3.12. The van der Waals surface area contributed by atoms with Crippen molar-refractivity contribution < 1.29 is 4.79 Å². The van der Waals surface area contributed by atoms with Gasteiger partial charge in [0.25, 0.3) is 0 Å². The van der Waals surface area contributed by atoms with E-state index in [1.807, 2.05) is 43.0 Å². The first-order valence-electron chi connectivity index (χ1n) is 7.81. The summed E-state index contributed by atoms with van der Waals surface area (Å²) >= 11 is 5.91. The molecule has 3 rings (SSSR count). The standard InChI is InChI=1S/C17H22ClN3O/c1-17(2,11-18)16(22)21-9-7-12(8-10-21)15-19-13-5-3-4-6-14(13)20-15/h3-6,12H,7-11H2,1-2H3,(H,19,20). The summed E-state index contributed by atoms with van der Waals surface area (Å²) in [5, 5.41) is 0. The largest absolute Gasteiger partial charge is 0.342 e. The maximum absolute atomic E-state index is 12.5. The lowest BCUT2D eigenvalue weighted by molar-refractivity contribution is -0.140. The first-order valence-corrected chi connectivity index (χ1v) is 8.35. The number of halogens is 1. The van der Waals surface area contributed by atoms with Crippen molar-refractivity contribution in [1.82, 2.24) is 14.9 Å². The maximum atomic E-state index is 12.5. The number of amides is 1. The molecule has 1 aliphatic heterocycles. The number of hydrogen-bond acceptors (Lipinski definition) is 2. The smallest absolute Gasteiger partial charge is 0.229 e. The third-order valence-electron chi connectivity index (χ3n) is 4.49. The van der Waals surface area contributed by atoms with Crippen molar-refractivity contribution >= 4 is 28.5 Å². The van der Waals surface area contributed by atoms with Gasteiger partial charge in [-0.3, -0.25) is 4.79 Å². The van der Waals surface area contributed by atoms with Crippen LogP contribution in [-0.4, -0.2) is 39.7 Å². The van der Waals surface area contributed by atoms with Crippen molar-refractivity contribution in [2.45, 2.75) is 32.6 Å². The summed E-state index contributed by atoms with van der Waals surface area (Å²) in [4.78, 5) is 22.5. The van der Waals surface area contributed by atoms with E-state index in [1.165, 1.54) is 0 Å². The van der Waals surface area contributed by atoms with Gasteiger partial charge in [-0.1, -0.05) is 12.1 Å². The fraction of sp³-hybridized carbons (Fsp3) is 0.529. The van der Waals surface area contributed by atoms with Crippen molar-refractivity contribution in [2.75, 3.05) is 19.0 Å². The zero-order valence-corrected chi connectivity index (χ0v) is 13.9. The van der Waals surface area contributed by atoms with Gasteiger partial charge in [-0.2, -0.15) is 0 Å². The Hall–Kier alpha value is -1.55. The quantitative estimate of drug-likeness (QED) is 0.880. The Kier molecular flexibility index (Phi) is 4.13. The van der Waals surface area contributed by atoms with Crippen LogP contribution in [0.1, 0.15) is 38.4 Å². The first-order chi connectivity index (χ1) is 10.5. The molecule has 0 bridgehead atoms. The van der Waals surface area contributed by atoms with E-state index in [-0.39, 0.29) is 5.91 Å². The molecule has 0 radical (unpaired) electrons. The van der Waals surface area contributed by atoms with Crippen LogP contribution >= 0.6 is 11.6 Å². The van der Waals surface area contributed by atoms with Gasteiger partial charge >= 0.3 is 0 Å². The molecule has 2 heterocycles. The molecule has 1 aromatic heterocycles. The van der Waals surface area contributed by atoms with Gasteiger partial charge < -0.3 is 9.88 Å². The minimum atomic E-state index is -0.478. The average molecular weight is 320 g/mol. The summed E-state index contributed by atoms with van der Waals surface area (Å²) in [6.45, 7) is 5.38. The Morgan fingerprint density at radius 3 is 2.68 bits per heavy atom. The third kappa shape index (κ3) is 2.84. The number of benzene rings is 1. The van der Waals surface area contributed by atoms with Gasteiger partial charge in [-0.15, -0.1) is 11.6 Å². The van der Waals surface area contributed by atoms with Crippen LogP contribution in [-0.2, 0) is 4.79 Å². The van der Waals surface area contributed by atoms with Gasteiger partial charge in [0.15, 0.2) is 0 Å². The molecule has 0 spiro atoms. The number of aromatic amines is 1. The third-order valence-corrected chi connectivity index (χ3v) is 5.16. The molecule has 1 aliphatic rings. The summed E-state index contributed by atoms with van der Waals surface area (Å²) in [7, 11) is 0. The Bertz CT molecular complexity index is 638. The number of piperidine rings is 1. The Morgan fingerprint density at radius 1 is 1.36 bits per heavy atom. The Labute approximate surface area is 135 Å². The predicted octanol–water partition coefficient (Wildman–Crippen LogP) is 3.53. The number of para-hydroxylation sites is 2. The molecule has 118 valence electrons. The van der Waals surface area contributed by atoms with Crippen LogP contribution in [0.4, 0.5) is 0 Å². The topological polar surface area (TPSA) is 49.0 Å². The summed E-state index contributed by atoms with van der Waals surface area (Å²) < 4.78 is 0. The molecule has 22 heavy (non-hydrogen) atoms. The van der Waals surface area contributed by atoms with E-state index in [9.17, 15) is 4.79 Å². The van der Waals surface area contributed by atoms with Crippen molar-refractivity contribution in [3.63, 3.8) is 0 Å².